The number of aryl methyl sites for hydroxylation is 2. The third-order valence-electron chi connectivity index (χ3n) is 2.24. The molecular formula is C12H16. The van der Waals surface area contributed by atoms with E-state index in [9.17, 15) is 0 Å². The van der Waals surface area contributed by atoms with E-state index in [-0.39, 0.29) is 0 Å². The number of rotatable bonds is 1. The lowest BCUT2D eigenvalue weighted by Crippen LogP contribution is -1.86. The van der Waals surface area contributed by atoms with Crippen LogP contribution in [0.25, 0.3) is 5.57 Å². The average molecular weight is 160 g/mol. The Hall–Kier alpha value is -1.04. The Labute approximate surface area is 74.9 Å². The van der Waals surface area contributed by atoms with E-state index in [1.165, 1.54) is 22.3 Å². The second kappa shape index (κ2) is 3.57. The van der Waals surface area contributed by atoms with Crippen molar-refractivity contribution < 1.29 is 0 Å². The fourth-order valence-electron chi connectivity index (χ4n) is 1.41. The van der Waals surface area contributed by atoms with Crippen LogP contribution in [0, 0.1) is 13.8 Å². The monoisotopic (exact) mass is 160 g/mol. The van der Waals surface area contributed by atoms with Crippen LogP contribution < -0.4 is 0 Å². The van der Waals surface area contributed by atoms with E-state index in [0.29, 0.717) is 0 Å². The number of allylic oxidation sites excluding steroid dienone is 2. The zero-order valence-electron chi connectivity index (χ0n) is 8.31. The maximum absolute atomic E-state index is 2.22. The van der Waals surface area contributed by atoms with Crippen molar-refractivity contribution in [2.45, 2.75) is 27.7 Å². The Balaban J connectivity index is 3.18. The molecule has 0 saturated carbocycles. The highest BCUT2D eigenvalue weighted by atomic mass is 14.0. The first kappa shape index (κ1) is 9.05. The van der Waals surface area contributed by atoms with Crippen LogP contribution in [0.1, 0.15) is 30.5 Å². The number of hydrogen-bond acceptors (Lipinski definition) is 0. The van der Waals surface area contributed by atoms with Gasteiger partial charge in [0.1, 0.15) is 0 Å². The molecule has 0 amide bonds. The highest BCUT2D eigenvalue weighted by Gasteiger charge is 1.98. The highest BCUT2D eigenvalue weighted by Crippen LogP contribution is 2.18. The lowest BCUT2D eigenvalue weighted by Gasteiger charge is -2.06. The van der Waals surface area contributed by atoms with Gasteiger partial charge < -0.3 is 0 Å². The summed E-state index contributed by atoms with van der Waals surface area (Å²) in [4.78, 5) is 0. The summed E-state index contributed by atoms with van der Waals surface area (Å²) in [6.07, 6.45) is 2.15. The molecule has 0 aromatic heterocycles. The summed E-state index contributed by atoms with van der Waals surface area (Å²) in [6, 6.07) is 6.58. The fraction of sp³-hybridized carbons (Fsp3) is 0.333. The van der Waals surface area contributed by atoms with Crippen LogP contribution in [0.2, 0.25) is 0 Å². The van der Waals surface area contributed by atoms with Gasteiger partial charge in [-0.05, 0) is 44.4 Å². The van der Waals surface area contributed by atoms with Gasteiger partial charge in [-0.25, -0.2) is 0 Å². The molecule has 0 spiro atoms. The van der Waals surface area contributed by atoms with Crippen LogP contribution in [-0.4, -0.2) is 0 Å². The van der Waals surface area contributed by atoms with E-state index in [4.69, 9.17) is 0 Å². The van der Waals surface area contributed by atoms with Crippen molar-refractivity contribution in [3.63, 3.8) is 0 Å². The minimum absolute atomic E-state index is 1.33. The molecule has 0 bridgehead atoms. The molecule has 1 aromatic carbocycles. The summed E-state index contributed by atoms with van der Waals surface area (Å²) in [5.41, 5.74) is 5.42. The van der Waals surface area contributed by atoms with Gasteiger partial charge in [-0.2, -0.15) is 0 Å². The molecule has 0 aliphatic heterocycles. The molecule has 0 aliphatic carbocycles. The largest absolute Gasteiger partial charge is 0.0841 e. The Kier molecular flexibility index (Phi) is 2.69. The summed E-state index contributed by atoms with van der Waals surface area (Å²) in [7, 11) is 0. The van der Waals surface area contributed by atoms with Crippen LogP contribution in [0.5, 0.6) is 0 Å². The first-order valence-corrected chi connectivity index (χ1v) is 4.35. The molecule has 0 N–H and O–H groups in total. The second-order valence-corrected chi connectivity index (χ2v) is 3.29. The Morgan fingerprint density at radius 3 is 2.42 bits per heavy atom. The first-order valence-electron chi connectivity index (χ1n) is 4.35. The van der Waals surface area contributed by atoms with Gasteiger partial charge in [0.25, 0.3) is 0 Å². The normalized spacial score (nSPS) is 11.8. The summed E-state index contributed by atoms with van der Waals surface area (Å²) >= 11 is 0. The minimum Gasteiger partial charge on any atom is -0.0841 e. The number of hydrogen-bond donors (Lipinski definition) is 0. The molecular weight excluding hydrogens is 144 g/mol. The third kappa shape index (κ3) is 1.76. The summed E-state index contributed by atoms with van der Waals surface area (Å²) in [5, 5.41) is 0. The van der Waals surface area contributed by atoms with Gasteiger partial charge in [-0.1, -0.05) is 29.8 Å². The van der Waals surface area contributed by atoms with Gasteiger partial charge in [0.15, 0.2) is 0 Å². The molecule has 0 radical (unpaired) electrons. The quantitative estimate of drug-likeness (QED) is 0.587. The van der Waals surface area contributed by atoms with Crippen molar-refractivity contribution in [2.24, 2.45) is 0 Å². The molecule has 1 aromatic rings. The lowest BCUT2D eigenvalue weighted by atomic mass is 10.00. The van der Waals surface area contributed by atoms with E-state index in [1.807, 2.05) is 0 Å². The van der Waals surface area contributed by atoms with E-state index in [1.54, 1.807) is 0 Å². The van der Waals surface area contributed by atoms with Crippen molar-refractivity contribution in [3.8, 4) is 0 Å². The lowest BCUT2D eigenvalue weighted by molar-refractivity contribution is 1.34. The average Bonchev–Trinajstić information content (AvgIpc) is 2.03. The zero-order chi connectivity index (χ0) is 9.14. The maximum atomic E-state index is 2.22. The summed E-state index contributed by atoms with van der Waals surface area (Å²) < 4.78 is 0. The van der Waals surface area contributed by atoms with Crippen LogP contribution in [-0.2, 0) is 0 Å². The molecule has 0 aliphatic rings. The Morgan fingerprint density at radius 1 is 1.25 bits per heavy atom. The highest BCUT2D eigenvalue weighted by molar-refractivity contribution is 5.66. The van der Waals surface area contributed by atoms with Crippen molar-refractivity contribution in [1.29, 1.82) is 0 Å². The second-order valence-electron chi connectivity index (χ2n) is 3.29. The fourth-order valence-corrected chi connectivity index (χ4v) is 1.41. The molecule has 0 heteroatoms. The van der Waals surface area contributed by atoms with E-state index >= 15 is 0 Å². The van der Waals surface area contributed by atoms with Crippen LogP contribution in [0.15, 0.2) is 24.3 Å². The molecule has 64 valence electrons. The molecule has 1 rings (SSSR count). The van der Waals surface area contributed by atoms with Crippen molar-refractivity contribution in [1.82, 2.24) is 0 Å². The summed E-state index contributed by atoms with van der Waals surface area (Å²) in [5.74, 6) is 0. The predicted molar refractivity (Wildman–Crippen MR) is 55.2 cm³/mol. The molecule has 0 fully saturated rings. The van der Waals surface area contributed by atoms with Crippen LogP contribution in [0.3, 0.4) is 0 Å². The first-order chi connectivity index (χ1) is 5.65. The van der Waals surface area contributed by atoms with E-state index in [2.05, 4.69) is 52.0 Å². The Bertz CT molecular complexity index is 306. The van der Waals surface area contributed by atoms with Crippen LogP contribution in [0.4, 0.5) is 0 Å². The van der Waals surface area contributed by atoms with Crippen molar-refractivity contribution in [2.75, 3.05) is 0 Å². The zero-order valence-corrected chi connectivity index (χ0v) is 8.31. The number of benzene rings is 1. The summed E-state index contributed by atoms with van der Waals surface area (Å²) in [6.45, 7) is 8.52. The molecule has 0 saturated heterocycles. The van der Waals surface area contributed by atoms with Gasteiger partial charge in [-0.15, -0.1) is 0 Å². The van der Waals surface area contributed by atoms with Crippen molar-refractivity contribution in [3.05, 3.63) is 41.0 Å². The third-order valence-corrected chi connectivity index (χ3v) is 2.24. The SMILES string of the molecule is C/C=C(/C)c1ccc(C)cc1C. The van der Waals surface area contributed by atoms with Gasteiger partial charge in [0.2, 0.25) is 0 Å². The molecule has 0 atom stereocenters. The van der Waals surface area contributed by atoms with Gasteiger partial charge >= 0.3 is 0 Å². The molecule has 0 heterocycles. The maximum Gasteiger partial charge on any atom is -0.0201 e. The minimum atomic E-state index is 1.33. The molecule has 0 nitrogen and oxygen atoms in total. The topological polar surface area (TPSA) is 0 Å². The smallest absolute Gasteiger partial charge is 0.0201 e. The van der Waals surface area contributed by atoms with Gasteiger partial charge in [-0.3, -0.25) is 0 Å². The van der Waals surface area contributed by atoms with E-state index < -0.39 is 0 Å². The standard InChI is InChI=1S/C12H16/c1-5-10(3)12-7-6-9(2)8-11(12)4/h5-8H,1-4H3/b10-5-. The predicted octanol–water partition coefficient (Wildman–Crippen LogP) is 3.73. The van der Waals surface area contributed by atoms with Crippen LogP contribution >= 0.6 is 0 Å². The van der Waals surface area contributed by atoms with Crippen molar-refractivity contribution >= 4 is 5.57 Å². The molecule has 12 heavy (non-hydrogen) atoms. The van der Waals surface area contributed by atoms with Gasteiger partial charge in [0, 0.05) is 0 Å². The van der Waals surface area contributed by atoms with Gasteiger partial charge in [0.05, 0.1) is 0 Å². The Morgan fingerprint density at radius 2 is 1.92 bits per heavy atom. The molecule has 0 unspecified atom stereocenters. The van der Waals surface area contributed by atoms with E-state index in [0.717, 1.165) is 0 Å².